The van der Waals surface area contributed by atoms with Gasteiger partial charge in [0.2, 0.25) is 5.91 Å². The molecule has 0 saturated heterocycles. The molecule has 0 atom stereocenters. The lowest BCUT2D eigenvalue weighted by Crippen LogP contribution is -2.27. The van der Waals surface area contributed by atoms with E-state index in [1.54, 1.807) is 24.7 Å². The molecular formula is C15H16N6OS. The van der Waals surface area contributed by atoms with Gasteiger partial charge < -0.3 is 9.88 Å². The summed E-state index contributed by atoms with van der Waals surface area (Å²) in [5.74, 6) is 1.43. The van der Waals surface area contributed by atoms with E-state index in [-0.39, 0.29) is 12.5 Å². The van der Waals surface area contributed by atoms with E-state index in [9.17, 15) is 4.79 Å². The zero-order chi connectivity index (χ0) is 16.1. The molecule has 0 aromatic carbocycles. The fourth-order valence-electron chi connectivity index (χ4n) is 2.10. The Kier molecular flexibility index (Phi) is 4.72. The van der Waals surface area contributed by atoms with Gasteiger partial charge in [0.25, 0.3) is 0 Å². The van der Waals surface area contributed by atoms with Crippen molar-refractivity contribution in [3.8, 4) is 10.8 Å². The molecule has 1 N–H and O–H groups in total. The van der Waals surface area contributed by atoms with Gasteiger partial charge in [-0.3, -0.25) is 4.79 Å². The van der Waals surface area contributed by atoms with Crippen molar-refractivity contribution in [1.29, 1.82) is 0 Å². The van der Waals surface area contributed by atoms with Crippen LogP contribution in [0.25, 0.3) is 10.8 Å². The molecule has 1 amide bonds. The van der Waals surface area contributed by atoms with E-state index < -0.39 is 0 Å². The maximum Gasteiger partial charge on any atom is 0.240 e. The maximum atomic E-state index is 12.0. The monoisotopic (exact) mass is 328 g/mol. The lowest BCUT2D eigenvalue weighted by Gasteiger charge is -2.06. The number of carbonyl (C=O) groups excluding carboxylic acids is 1. The normalized spacial score (nSPS) is 10.7. The molecule has 0 fully saturated rings. The molecule has 0 aliphatic carbocycles. The van der Waals surface area contributed by atoms with Crippen molar-refractivity contribution < 1.29 is 4.79 Å². The highest BCUT2D eigenvalue weighted by Crippen LogP contribution is 2.19. The SMILES string of the molecule is CCc1nccn1CC(=O)NCc1csc(-c2ncccn2)n1. The van der Waals surface area contributed by atoms with E-state index in [4.69, 9.17) is 0 Å². The summed E-state index contributed by atoms with van der Waals surface area (Å²) in [6, 6.07) is 1.76. The predicted octanol–water partition coefficient (Wildman–Crippen LogP) is 1.68. The maximum absolute atomic E-state index is 12.0. The number of carbonyl (C=O) groups is 1. The molecule has 0 radical (unpaired) electrons. The van der Waals surface area contributed by atoms with Gasteiger partial charge in [0.15, 0.2) is 10.8 Å². The van der Waals surface area contributed by atoms with Crippen molar-refractivity contribution in [3.63, 3.8) is 0 Å². The van der Waals surface area contributed by atoms with Gasteiger partial charge in [-0.05, 0) is 6.07 Å². The van der Waals surface area contributed by atoms with Crippen LogP contribution in [0, 0.1) is 0 Å². The summed E-state index contributed by atoms with van der Waals surface area (Å²) >= 11 is 1.46. The number of hydrogen-bond acceptors (Lipinski definition) is 6. The Hall–Kier alpha value is -2.61. The number of imidazole rings is 1. The quantitative estimate of drug-likeness (QED) is 0.744. The number of hydrogen-bond donors (Lipinski definition) is 1. The number of nitrogens with one attached hydrogen (secondary N) is 1. The molecule has 0 unspecified atom stereocenters. The van der Waals surface area contributed by atoms with E-state index in [0.717, 1.165) is 22.9 Å². The van der Waals surface area contributed by atoms with Crippen molar-refractivity contribution in [2.75, 3.05) is 0 Å². The fourth-order valence-corrected chi connectivity index (χ4v) is 2.86. The molecule has 0 aliphatic heterocycles. The Bertz CT molecular complexity index is 782. The Morgan fingerprint density at radius 1 is 1.26 bits per heavy atom. The summed E-state index contributed by atoms with van der Waals surface area (Å²) in [6.45, 7) is 2.67. The number of nitrogens with zero attached hydrogens (tertiary/aromatic N) is 5. The minimum Gasteiger partial charge on any atom is -0.349 e. The minimum absolute atomic E-state index is 0.0665. The Morgan fingerprint density at radius 2 is 2.09 bits per heavy atom. The van der Waals surface area contributed by atoms with Gasteiger partial charge in [-0.15, -0.1) is 11.3 Å². The van der Waals surface area contributed by atoms with Gasteiger partial charge in [0.1, 0.15) is 12.4 Å². The zero-order valence-corrected chi connectivity index (χ0v) is 13.5. The lowest BCUT2D eigenvalue weighted by molar-refractivity contribution is -0.121. The average Bonchev–Trinajstić information content (AvgIpc) is 3.23. The molecule has 0 saturated carbocycles. The fraction of sp³-hybridized carbons (Fsp3) is 0.267. The molecule has 3 heterocycles. The Morgan fingerprint density at radius 3 is 2.87 bits per heavy atom. The van der Waals surface area contributed by atoms with Crippen molar-refractivity contribution in [2.45, 2.75) is 26.4 Å². The molecule has 0 bridgehead atoms. The lowest BCUT2D eigenvalue weighted by atomic mass is 10.4. The molecule has 118 valence electrons. The molecule has 0 spiro atoms. The summed E-state index contributed by atoms with van der Waals surface area (Å²) in [5, 5.41) is 5.52. The number of aromatic nitrogens is 5. The molecule has 23 heavy (non-hydrogen) atoms. The summed E-state index contributed by atoms with van der Waals surface area (Å²) in [7, 11) is 0. The van der Waals surface area contributed by atoms with Gasteiger partial charge in [-0.1, -0.05) is 6.92 Å². The van der Waals surface area contributed by atoms with Crippen molar-refractivity contribution in [1.82, 2.24) is 29.8 Å². The van der Waals surface area contributed by atoms with Crippen LogP contribution in [0.1, 0.15) is 18.4 Å². The molecular weight excluding hydrogens is 312 g/mol. The molecule has 3 aromatic heterocycles. The van der Waals surface area contributed by atoms with Gasteiger partial charge in [-0.2, -0.15) is 0 Å². The largest absolute Gasteiger partial charge is 0.349 e. The first-order chi connectivity index (χ1) is 11.3. The highest BCUT2D eigenvalue weighted by molar-refractivity contribution is 7.13. The number of rotatable bonds is 6. The van der Waals surface area contributed by atoms with Gasteiger partial charge in [0, 0.05) is 36.6 Å². The summed E-state index contributed by atoms with van der Waals surface area (Å²) in [4.78, 5) is 29.0. The molecule has 7 nitrogen and oxygen atoms in total. The third kappa shape index (κ3) is 3.78. The number of amides is 1. The second kappa shape index (κ2) is 7.10. The van der Waals surface area contributed by atoms with E-state index in [0.29, 0.717) is 12.4 Å². The van der Waals surface area contributed by atoms with Crippen LogP contribution in [0.5, 0.6) is 0 Å². The average molecular weight is 328 g/mol. The predicted molar refractivity (Wildman–Crippen MR) is 86.6 cm³/mol. The molecule has 3 aromatic rings. The first-order valence-electron chi connectivity index (χ1n) is 7.24. The van der Waals surface area contributed by atoms with Crippen molar-refractivity contribution >= 4 is 17.2 Å². The van der Waals surface area contributed by atoms with Crippen molar-refractivity contribution in [3.05, 3.63) is 47.8 Å². The van der Waals surface area contributed by atoms with Crippen LogP contribution < -0.4 is 5.32 Å². The van der Waals surface area contributed by atoms with E-state index in [1.165, 1.54) is 11.3 Å². The van der Waals surface area contributed by atoms with Crippen LogP contribution in [0.3, 0.4) is 0 Å². The Labute approximate surface area is 137 Å². The third-order valence-corrected chi connectivity index (χ3v) is 4.09. The van der Waals surface area contributed by atoms with Crippen LogP contribution in [0.4, 0.5) is 0 Å². The van der Waals surface area contributed by atoms with Crippen LogP contribution in [0.15, 0.2) is 36.2 Å². The second-order valence-corrected chi connectivity index (χ2v) is 5.68. The minimum atomic E-state index is -0.0665. The molecule has 3 rings (SSSR count). The highest BCUT2D eigenvalue weighted by Gasteiger charge is 2.09. The van der Waals surface area contributed by atoms with Gasteiger partial charge in [0.05, 0.1) is 12.2 Å². The van der Waals surface area contributed by atoms with Crippen LogP contribution >= 0.6 is 11.3 Å². The topological polar surface area (TPSA) is 85.6 Å². The Balaban J connectivity index is 1.56. The molecule has 8 heteroatoms. The van der Waals surface area contributed by atoms with E-state index >= 15 is 0 Å². The van der Waals surface area contributed by atoms with E-state index in [1.807, 2.05) is 23.1 Å². The van der Waals surface area contributed by atoms with Gasteiger partial charge in [-0.25, -0.2) is 19.9 Å². The zero-order valence-electron chi connectivity index (χ0n) is 12.6. The standard InChI is InChI=1S/C15H16N6OS/c1-2-12-16-6-7-21(12)9-13(22)19-8-11-10-23-15(20-11)14-17-4-3-5-18-14/h3-7,10H,2,8-9H2,1H3,(H,19,22). The summed E-state index contributed by atoms with van der Waals surface area (Å²) in [6.07, 6.45) is 7.68. The van der Waals surface area contributed by atoms with Crippen molar-refractivity contribution in [2.24, 2.45) is 0 Å². The van der Waals surface area contributed by atoms with E-state index in [2.05, 4.69) is 25.3 Å². The number of thiazole rings is 1. The molecule has 0 aliphatic rings. The third-order valence-electron chi connectivity index (χ3n) is 3.21. The first-order valence-corrected chi connectivity index (χ1v) is 8.12. The smallest absolute Gasteiger partial charge is 0.240 e. The summed E-state index contributed by atoms with van der Waals surface area (Å²) in [5.41, 5.74) is 0.798. The highest BCUT2D eigenvalue weighted by atomic mass is 32.1. The second-order valence-electron chi connectivity index (χ2n) is 4.82. The summed E-state index contributed by atoms with van der Waals surface area (Å²) < 4.78 is 1.85. The first kappa shape index (κ1) is 15.3. The van der Waals surface area contributed by atoms with Crippen LogP contribution in [-0.4, -0.2) is 30.4 Å². The number of aryl methyl sites for hydroxylation is 1. The van der Waals surface area contributed by atoms with Gasteiger partial charge >= 0.3 is 0 Å². The van der Waals surface area contributed by atoms with Crippen LogP contribution in [-0.2, 0) is 24.3 Å². The van der Waals surface area contributed by atoms with Crippen LogP contribution in [0.2, 0.25) is 0 Å².